The fraction of sp³-hybridized carbons (Fsp3) is 0.0435. The van der Waals surface area contributed by atoms with Gasteiger partial charge in [0.2, 0.25) is 0 Å². The van der Waals surface area contributed by atoms with Gasteiger partial charge in [-0.1, -0.05) is 28.1 Å². The highest BCUT2D eigenvalue weighted by atomic mass is 79.9. The van der Waals surface area contributed by atoms with E-state index < -0.39 is 23.7 Å². The maximum Gasteiger partial charge on any atom is 0.337 e. The van der Waals surface area contributed by atoms with Crippen LogP contribution in [0.1, 0.15) is 41.4 Å². The van der Waals surface area contributed by atoms with Crippen LogP contribution in [0.5, 0.6) is 5.75 Å². The van der Waals surface area contributed by atoms with Crippen LogP contribution in [0, 0.1) is 0 Å². The number of amides is 3. The van der Waals surface area contributed by atoms with Crippen molar-refractivity contribution in [2.24, 2.45) is 0 Å². The molecular formula is C23H15BrN2O6. The Balaban J connectivity index is 1.66. The molecule has 0 saturated heterocycles. The van der Waals surface area contributed by atoms with Gasteiger partial charge in [-0.05, 0) is 48.5 Å². The van der Waals surface area contributed by atoms with Gasteiger partial charge >= 0.3 is 5.97 Å². The number of carboxylic acid groups (broad SMARTS) is 1. The van der Waals surface area contributed by atoms with Crippen LogP contribution < -0.4 is 15.0 Å². The molecule has 8 nitrogen and oxygen atoms in total. The Morgan fingerprint density at radius 1 is 0.969 bits per heavy atom. The van der Waals surface area contributed by atoms with Crippen LogP contribution in [0.15, 0.2) is 65.1 Å². The van der Waals surface area contributed by atoms with E-state index in [1.165, 1.54) is 37.4 Å². The SMILES string of the molecule is COc1ccccc1N1C(=O)c2ccc(C(=O)Nc3ccc(Br)cc3C(=O)O)cc2C1=O. The van der Waals surface area contributed by atoms with Gasteiger partial charge in [-0.25, -0.2) is 9.69 Å². The Labute approximate surface area is 190 Å². The average Bonchev–Trinajstić information content (AvgIpc) is 3.04. The van der Waals surface area contributed by atoms with Gasteiger partial charge < -0.3 is 15.2 Å². The van der Waals surface area contributed by atoms with Crippen molar-refractivity contribution >= 4 is 51.0 Å². The quantitative estimate of drug-likeness (QED) is 0.513. The number of benzene rings is 3. The molecule has 0 aliphatic carbocycles. The zero-order valence-electron chi connectivity index (χ0n) is 16.6. The maximum atomic E-state index is 13.0. The summed E-state index contributed by atoms with van der Waals surface area (Å²) in [4.78, 5) is 51.2. The van der Waals surface area contributed by atoms with E-state index in [-0.39, 0.29) is 27.9 Å². The highest BCUT2D eigenvalue weighted by Gasteiger charge is 2.38. The highest BCUT2D eigenvalue weighted by Crippen LogP contribution is 2.35. The first-order chi connectivity index (χ1) is 15.3. The second-order valence-corrected chi connectivity index (χ2v) is 7.74. The molecule has 0 atom stereocenters. The van der Waals surface area contributed by atoms with Crippen LogP contribution in [0.2, 0.25) is 0 Å². The molecule has 3 amide bonds. The number of carbonyl (C=O) groups is 4. The van der Waals surface area contributed by atoms with Gasteiger partial charge in [0.05, 0.1) is 35.2 Å². The minimum absolute atomic E-state index is 0.0721. The van der Waals surface area contributed by atoms with Crippen molar-refractivity contribution in [2.45, 2.75) is 0 Å². The Morgan fingerprint density at radius 2 is 1.69 bits per heavy atom. The number of hydrogen-bond donors (Lipinski definition) is 2. The van der Waals surface area contributed by atoms with E-state index in [9.17, 15) is 24.3 Å². The minimum Gasteiger partial charge on any atom is -0.495 e. The predicted octanol–water partition coefficient (Wildman–Crippen LogP) is 4.21. The lowest BCUT2D eigenvalue weighted by atomic mass is 10.0. The van der Waals surface area contributed by atoms with E-state index >= 15 is 0 Å². The lowest BCUT2D eigenvalue weighted by Crippen LogP contribution is -2.29. The number of aromatic carboxylic acids is 1. The van der Waals surface area contributed by atoms with Gasteiger partial charge in [0.15, 0.2) is 0 Å². The van der Waals surface area contributed by atoms with Crippen LogP contribution in [0.4, 0.5) is 11.4 Å². The number of carbonyl (C=O) groups excluding carboxylic acids is 3. The van der Waals surface area contributed by atoms with Crippen LogP contribution in [-0.4, -0.2) is 35.9 Å². The summed E-state index contributed by atoms with van der Waals surface area (Å²) in [7, 11) is 1.44. The first kappa shape index (κ1) is 21.3. The zero-order chi connectivity index (χ0) is 23.0. The molecule has 1 aliphatic heterocycles. The van der Waals surface area contributed by atoms with Crippen molar-refractivity contribution in [3.63, 3.8) is 0 Å². The topological polar surface area (TPSA) is 113 Å². The minimum atomic E-state index is -1.20. The maximum absolute atomic E-state index is 13.0. The molecule has 3 aromatic carbocycles. The second-order valence-electron chi connectivity index (χ2n) is 6.83. The summed E-state index contributed by atoms with van der Waals surface area (Å²) >= 11 is 3.20. The van der Waals surface area contributed by atoms with E-state index in [4.69, 9.17) is 4.74 Å². The number of halogens is 1. The third-order valence-corrected chi connectivity index (χ3v) is 5.43. The third-order valence-electron chi connectivity index (χ3n) is 4.94. The Hall–Kier alpha value is -3.98. The fourth-order valence-electron chi connectivity index (χ4n) is 3.41. The van der Waals surface area contributed by atoms with Gasteiger partial charge in [0, 0.05) is 10.0 Å². The molecule has 1 aliphatic rings. The van der Waals surface area contributed by atoms with E-state index in [1.807, 2.05) is 0 Å². The molecule has 0 radical (unpaired) electrons. The van der Waals surface area contributed by atoms with Crippen molar-refractivity contribution in [1.29, 1.82) is 0 Å². The first-order valence-electron chi connectivity index (χ1n) is 9.32. The molecule has 9 heteroatoms. The molecule has 0 unspecified atom stereocenters. The number of imide groups is 1. The number of rotatable bonds is 5. The predicted molar refractivity (Wildman–Crippen MR) is 120 cm³/mol. The molecular weight excluding hydrogens is 480 g/mol. The number of carboxylic acids is 1. The number of hydrogen-bond acceptors (Lipinski definition) is 5. The number of methoxy groups -OCH3 is 1. The average molecular weight is 495 g/mol. The van der Waals surface area contributed by atoms with Crippen LogP contribution in [-0.2, 0) is 0 Å². The Kier molecular flexibility index (Phi) is 5.50. The van der Waals surface area contributed by atoms with Crippen molar-refractivity contribution in [2.75, 3.05) is 17.3 Å². The molecule has 32 heavy (non-hydrogen) atoms. The summed E-state index contributed by atoms with van der Waals surface area (Å²) in [5.74, 6) is -2.57. The summed E-state index contributed by atoms with van der Waals surface area (Å²) in [5.41, 5.74) is 0.640. The van der Waals surface area contributed by atoms with E-state index in [2.05, 4.69) is 21.2 Å². The standard InChI is InChI=1S/C23H15BrN2O6/c1-32-19-5-3-2-4-18(19)26-21(28)14-8-6-12(10-15(14)22(26)29)20(27)25-17-9-7-13(24)11-16(17)23(30)31/h2-11H,1H3,(H,25,27)(H,30,31). The Bertz CT molecular complexity index is 1300. The molecule has 1 heterocycles. The van der Waals surface area contributed by atoms with Crippen molar-refractivity contribution in [3.05, 3.63) is 87.4 Å². The summed E-state index contributed by atoms with van der Waals surface area (Å²) in [6.45, 7) is 0. The number of nitrogens with zero attached hydrogens (tertiary/aromatic N) is 1. The normalized spacial score (nSPS) is 12.5. The zero-order valence-corrected chi connectivity index (χ0v) is 18.2. The number of para-hydroxylation sites is 2. The smallest absolute Gasteiger partial charge is 0.337 e. The van der Waals surface area contributed by atoms with Gasteiger partial charge in [-0.15, -0.1) is 0 Å². The first-order valence-corrected chi connectivity index (χ1v) is 10.1. The third kappa shape index (κ3) is 3.63. The number of anilines is 2. The van der Waals surface area contributed by atoms with Crippen LogP contribution >= 0.6 is 15.9 Å². The van der Waals surface area contributed by atoms with Gasteiger partial charge in [0.25, 0.3) is 17.7 Å². The molecule has 0 saturated carbocycles. The second kappa shape index (κ2) is 8.27. The molecule has 0 spiro atoms. The van der Waals surface area contributed by atoms with E-state index in [0.717, 1.165) is 4.90 Å². The summed E-state index contributed by atoms with van der Waals surface area (Å²) in [6.07, 6.45) is 0. The van der Waals surface area contributed by atoms with Crippen LogP contribution in [0.3, 0.4) is 0 Å². The molecule has 4 rings (SSSR count). The summed E-state index contributed by atoms with van der Waals surface area (Å²) < 4.78 is 5.81. The molecule has 3 aromatic rings. The number of nitrogens with one attached hydrogen (secondary N) is 1. The number of ether oxygens (including phenoxy) is 1. The Morgan fingerprint density at radius 3 is 2.41 bits per heavy atom. The van der Waals surface area contributed by atoms with Crippen molar-refractivity contribution < 1.29 is 29.0 Å². The molecule has 0 fully saturated rings. The summed E-state index contributed by atoms with van der Waals surface area (Å²) in [5, 5.41) is 11.9. The molecule has 0 aromatic heterocycles. The molecule has 160 valence electrons. The molecule has 0 bridgehead atoms. The lowest BCUT2D eigenvalue weighted by Gasteiger charge is -2.16. The van der Waals surface area contributed by atoms with Gasteiger partial charge in [0.1, 0.15) is 5.75 Å². The van der Waals surface area contributed by atoms with E-state index in [1.54, 1.807) is 30.3 Å². The fourth-order valence-corrected chi connectivity index (χ4v) is 3.77. The van der Waals surface area contributed by atoms with Crippen LogP contribution in [0.25, 0.3) is 0 Å². The number of fused-ring (bicyclic) bond motifs is 1. The molecule has 2 N–H and O–H groups in total. The lowest BCUT2D eigenvalue weighted by molar-refractivity contribution is 0.0697. The van der Waals surface area contributed by atoms with Crippen molar-refractivity contribution in [1.82, 2.24) is 0 Å². The van der Waals surface area contributed by atoms with E-state index in [0.29, 0.717) is 15.9 Å². The van der Waals surface area contributed by atoms with Gasteiger partial charge in [-0.2, -0.15) is 0 Å². The largest absolute Gasteiger partial charge is 0.495 e. The van der Waals surface area contributed by atoms with Crippen molar-refractivity contribution in [3.8, 4) is 5.75 Å². The van der Waals surface area contributed by atoms with Gasteiger partial charge in [-0.3, -0.25) is 14.4 Å². The monoisotopic (exact) mass is 494 g/mol. The highest BCUT2D eigenvalue weighted by molar-refractivity contribution is 9.10. The summed E-state index contributed by atoms with van der Waals surface area (Å²) in [6, 6.07) is 15.2.